The van der Waals surface area contributed by atoms with Gasteiger partial charge in [0.15, 0.2) is 6.61 Å². The van der Waals surface area contributed by atoms with E-state index in [2.05, 4.69) is 5.32 Å². The Labute approximate surface area is 160 Å². The van der Waals surface area contributed by atoms with Crippen LogP contribution in [0.1, 0.15) is 11.1 Å². The van der Waals surface area contributed by atoms with Gasteiger partial charge < -0.3 is 10.5 Å². The quantitative estimate of drug-likeness (QED) is 0.603. The number of urea groups is 1. The van der Waals surface area contributed by atoms with Gasteiger partial charge in [-0.1, -0.05) is 29.8 Å². The number of anilines is 1. The Balaban J connectivity index is 1.86. The lowest BCUT2D eigenvalue weighted by Gasteiger charge is -2.26. The molecule has 0 atom stereocenters. The van der Waals surface area contributed by atoms with E-state index in [-0.39, 0.29) is 12.2 Å². The highest BCUT2D eigenvalue weighted by Crippen LogP contribution is 2.23. The second-order valence-corrected chi connectivity index (χ2v) is 6.12. The molecule has 142 valence electrons. The van der Waals surface area contributed by atoms with Gasteiger partial charge in [0.2, 0.25) is 0 Å². The topological polar surface area (TPSA) is 119 Å². The zero-order chi connectivity index (χ0) is 20.3. The summed E-state index contributed by atoms with van der Waals surface area (Å²) in [7, 11) is 0. The molecule has 1 aliphatic heterocycles. The molecule has 1 fully saturated rings. The van der Waals surface area contributed by atoms with E-state index in [4.69, 9.17) is 10.5 Å². The van der Waals surface area contributed by atoms with Crippen molar-refractivity contribution in [1.29, 1.82) is 0 Å². The summed E-state index contributed by atoms with van der Waals surface area (Å²) < 4.78 is 5.16. The molecule has 0 saturated carbocycles. The Bertz CT molecular complexity index is 978. The molecule has 1 saturated heterocycles. The number of nitrogens with two attached hydrogens (primary N) is 1. The van der Waals surface area contributed by atoms with Crippen molar-refractivity contribution in [3.63, 3.8) is 0 Å². The number of carbonyl (C=O) groups excluding carboxylic acids is 4. The van der Waals surface area contributed by atoms with Crippen molar-refractivity contribution in [2.24, 2.45) is 5.73 Å². The summed E-state index contributed by atoms with van der Waals surface area (Å²) in [6.45, 7) is 1.63. The normalized spacial score (nSPS) is 15.5. The van der Waals surface area contributed by atoms with Crippen molar-refractivity contribution >= 4 is 35.5 Å². The molecule has 0 aromatic heterocycles. The molecular formula is C20H17N3O5. The van der Waals surface area contributed by atoms with Gasteiger partial charge in [0, 0.05) is 0 Å². The predicted octanol–water partition coefficient (Wildman–Crippen LogP) is 1.53. The highest BCUT2D eigenvalue weighted by molar-refractivity contribution is 6.39. The zero-order valence-electron chi connectivity index (χ0n) is 15.0. The summed E-state index contributed by atoms with van der Waals surface area (Å²) in [6, 6.07) is 12.4. The van der Waals surface area contributed by atoms with Crippen molar-refractivity contribution in [2.45, 2.75) is 6.92 Å². The summed E-state index contributed by atoms with van der Waals surface area (Å²) in [5.74, 6) is -1.67. The molecule has 1 aliphatic rings. The fourth-order valence-electron chi connectivity index (χ4n) is 2.57. The third kappa shape index (κ3) is 4.07. The standard InChI is InChI=1S/C20H17N3O5/c1-12-2-6-14(7-3-12)23-19(26)16(18(25)22-20(23)27)10-13-4-8-15(9-5-13)28-11-17(21)24/h2-10H,11H2,1H3,(H2,21,24)(H,22,25,27)/b16-10+. The fraction of sp³-hybridized carbons (Fsp3) is 0.100. The van der Waals surface area contributed by atoms with E-state index in [1.807, 2.05) is 6.92 Å². The zero-order valence-corrected chi connectivity index (χ0v) is 15.0. The molecule has 2 aromatic rings. The number of rotatable bonds is 5. The second kappa shape index (κ2) is 7.75. The van der Waals surface area contributed by atoms with Gasteiger partial charge in [0.05, 0.1) is 5.69 Å². The number of nitrogens with zero attached hydrogens (tertiary/aromatic N) is 1. The van der Waals surface area contributed by atoms with E-state index < -0.39 is 23.8 Å². The molecule has 0 bridgehead atoms. The Morgan fingerprint density at radius 2 is 1.71 bits per heavy atom. The monoisotopic (exact) mass is 379 g/mol. The van der Waals surface area contributed by atoms with E-state index in [0.29, 0.717) is 17.0 Å². The van der Waals surface area contributed by atoms with Gasteiger partial charge in [-0.15, -0.1) is 0 Å². The minimum Gasteiger partial charge on any atom is -0.484 e. The van der Waals surface area contributed by atoms with Gasteiger partial charge in [-0.25, -0.2) is 9.69 Å². The number of nitrogens with one attached hydrogen (secondary N) is 1. The fourth-order valence-corrected chi connectivity index (χ4v) is 2.57. The van der Waals surface area contributed by atoms with Crippen LogP contribution in [-0.2, 0) is 14.4 Å². The summed E-state index contributed by atoms with van der Waals surface area (Å²) in [6.07, 6.45) is 1.38. The van der Waals surface area contributed by atoms with E-state index in [9.17, 15) is 19.2 Å². The van der Waals surface area contributed by atoms with Crippen LogP contribution in [0.2, 0.25) is 0 Å². The van der Waals surface area contributed by atoms with Crippen LogP contribution in [0.25, 0.3) is 6.08 Å². The van der Waals surface area contributed by atoms with Gasteiger partial charge in [-0.3, -0.25) is 19.7 Å². The van der Waals surface area contributed by atoms with Crippen LogP contribution >= 0.6 is 0 Å². The summed E-state index contributed by atoms with van der Waals surface area (Å²) in [5, 5.41) is 2.17. The molecule has 0 radical (unpaired) electrons. The van der Waals surface area contributed by atoms with Crippen molar-refractivity contribution in [1.82, 2.24) is 5.32 Å². The van der Waals surface area contributed by atoms with Crippen molar-refractivity contribution in [3.05, 3.63) is 65.2 Å². The smallest absolute Gasteiger partial charge is 0.335 e. The second-order valence-electron chi connectivity index (χ2n) is 6.12. The highest BCUT2D eigenvalue weighted by atomic mass is 16.5. The van der Waals surface area contributed by atoms with E-state index in [1.165, 1.54) is 6.08 Å². The molecule has 3 N–H and O–H groups in total. The van der Waals surface area contributed by atoms with Crippen LogP contribution in [0.4, 0.5) is 10.5 Å². The Hall–Kier alpha value is -3.94. The average molecular weight is 379 g/mol. The number of aryl methyl sites for hydroxylation is 1. The lowest BCUT2D eigenvalue weighted by atomic mass is 10.1. The van der Waals surface area contributed by atoms with Crippen molar-refractivity contribution < 1.29 is 23.9 Å². The number of benzene rings is 2. The van der Waals surface area contributed by atoms with Crippen LogP contribution in [0, 0.1) is 6.92 Å². The first-order valence-corrected chi connectivity index (χ1v) is 8.34. The number of ether oxygens (including phenoxy) is 1. The maximum atomic E-state index is 12.8. The van der Waals surface area contributed by atoms with E-state index >= 15 is 0 Å². The largest absolute Gasteiger partial charge is 0.484 e. The van der Waals surface area contributed by atoms with Gasteiger partial charge in [0.1, 0.15) is 11.3 Å². The van der Waals surface area contributed by atoms with Crippen LogP contribution < -0.4 is 20.7 Å². The Morgan fingerprint density at radius 3 is 2.32 bits per heavy atom. The van der Waals surface area contributed by atoms with E-state index in [0.717, 1.165) is 10.5 Å². The van der Waals surface area contributed by atoms with Crippen LogP contribution in [0.15, 0.2) is 54.1 Å². The number of imide groups is 2. The number of primary amides is 1. The van der Waals surface area contributed by atoms with Crippen LogP contribution in [0.5, 0.6) is 5.75 Å². The van der Waals surface area contributed by atoms with Gasteiger partial charge in [0.25, 0.3) is 17.7 Å². The maximum absolute atomic E-state index is 12.8. The number of hydrogen-bond acceptors (Lipinski definition) is 5. The maximum Gasteiger partial charge on any atom is 0.335 e. The number of carbonyl (C=O) groups is 4. The van der Waals surface area contributed by atoms with E-state index in [1.54, 1.807) is 48.5 Å². The summed E-state index contributed by atoms with van der Waals surface area (Å²) in [5.41, 5.74) is 6.72. The third-order valence-electron chi connectivity index (χ3n) is 3.97. The van der Waals surface area contributed by atoms with Crippen LogP contribution in [0.3, 0.4) is 0 Å². The minimum absolute atomic E-state index is 0.175. The summed E-state index contributed by atoms with van der Waals surface area (Å²) in [4.78, 5) is 48.8. The summed E-state index contributed by atoms with van der Waals surface area (Å²) >= 11 is 0. The molecule has 5 amide bonds. The molecule has 28 heavy (non-hydrogen) atoms. The molecule has 1 heterocycles. The third-order valence-corrected chi connectivity index (χ3v) is 3.97. The molecule has 8 heteroatoms. The first-order chi connectivity index (χ1) is 13.3. The molecule has 3 rings (SSSR count). The van der Waals surface area contributed by atoms with Crippen molar-refractivity contribution in [2.75, 3.05) is 11.5 Å². The first-order valence-electron chi connectivity index (χ1n) is 8.34. The van der Waals surface area contributed by atoms with Crippen LogP contribution in [-0.4, -0.2) is 30.4 Å². The lowest BCUT2D eigenvalue weighted by molar-refractivity contribution is -0.123. The molecule has 2 aromatic carbocycles. The highest BCUT2D eigenvalue weighted by Gasteiger charge is 2.36. The predicted molar refractivity (Wildman–Crippen MR) is 101 cm³/mol. The van der Waals surface area contributed by atoms with Gasteiger partial charge in [-0.05, 0) is 42.8 Å². The molecule has 0 aliphatic carbocycles. The number of barbiturate groups is 1. The van der Waals surface area contributed by atoms with Gasteiger partial charge in [-0.2, -0.15) is 0 Å². The minimum atomic E-state index is -0.800. The molecular weight excluding hydrogens is 362 g/mol. The van der Waals surface area contributed by atoms with Crippen molar-refractivity contribution in [3.8, 4) is 5.75 Å². The average Bonchev–Trinajstić information content (AvgIpc) is 2.66. The van der Waals surface area contributed by atoms with Gasteiger partial charge >= 0.3 is 6.03 Å². The SMILES string of the molecule is Cc1ccc(N2C(=O)NC(=O)/C(=C\c3ccc(OCC(N)=O)cc3)C2=O)cc1. The Morgan fingerprint density at radius 1 is 1.07 bits per heavy atom. The Kier molecular flexibility index (Phi) is 5.21. The number of amides is 5. The first kappa shape index (κ1) is 18.8. The lowest BCUT2D eigenvalue weighted by Crippen LogP contribution is -2.54. The molecule has 8 nitrogen and oxygen atoms in total. The number of hydrogen-bond donors (Lipinski definition) is 2. The molecule has 0 spiro atoms. The molecule has 0 unspecified atom stereocenters.